The summed E-state index contributed by atoms with van der Waals surface area (Å²) in [4.78, 5) is 14.4. The Kier molecular flexibility index (Phi) is 7.65. The number of hydrogen-bond donors (Lipinski definition) is 2. The van der Waals surface area contributed by atoms with E-state index in [9.17, 15) is 4.79 Å². The maximum Gasteiger partial charge on any atom is 0.224 e. The average Bonchev–Trinajstić information content (AvgIpc) is 2.78. The van der Waals surface area contributed by atoms with Gasteiger partial charge in [-0.25, -0.2) is 0 Å². The van der Waals surface area contributed by atoms with Crippen LogP contribution < -0.4 is 15.5 Å². The van der Waals surface area contributed by atoms with E-state index >= 15 is 0 Å². The van der Waals surface area contributed by atoms with E-state index in [1.165, 1.54) is 12.8 Å². The number of nitrogens with zero attached hydrogens (tertiary/aromatic N) is 1. The van der Waals surface area contributed by atoms with E-state index < -0.39 is 0 Å². The van der Waals surface area contributed by atoms with Gasteiger partial charge in [-0.05, 0) is 43.7 Å². The van der Waals surface area contributed by atoms with Crippen LogP contribution in [0.25, 0.3) is 0 Å². The summed E-state index contributed by atoms with van der Waals surface area (Å²) in [5, 5.41) is 6.72. The number of fused-ring (bicyclic) bond motifs is 2. The van der Waals surface area contributed by atoms with E-state index in [2.05, 4.69) is 10.6 Å². The molecule has 1 aromatic rings. The molecule has 23 heavy (non-hydrogen) atoms. The van der Waals surface area contributed by atoms with Crippen molar-refractivity contribution >= 4 is 42.1 Å². The van der Waals surface area contributed by atoms with Gasteiger partial charge in [-0.3, -0.25) is 4.79 Å². The molecule has 2 heterocycles. The van der Waals surface area contributed by atoms with Crippen LogP contribution in [0.4, 0.5) is 11.4 Å². The van der Waals surface area contributed by atoms with Crippen LogP contribution in [0.15, 0.2) is 24.3 Å². The number of halogens is 2. The second-order valence-corrected chi connectivity index (χ2v) is 6.64. The van der Waals surface area contributed by atoms with Gasteiger partial charge in [0.2, 0.25) is 5.91 Å². The Morgan fingerprint density at radius 2 is 1.78 bits per heavy atom. The van der Waals surface area contributed by atoms with Gasteiger partial charge in [0.05, 0.1) is 11.4 Å². The lowest BCUT2D eigenvalue weighted by molar-refractivity contribution is -0.117. The Morgan fingerprint density at radius 3 is 2.39 bits per heavy atom. The van der Waals surface area contributed by atoms with E-state index in [1.807, 2.05) is 43.3 Å². The molecular formula is C17H27Cl2N3O. The van der Waals surface area contributed by atoms with Crippen LogP contribution in [0.2, 0.25) is 0 Å². The van der Waals surface area contributed by atoms with Crippen LogP contribution in [0.3, 0.4) is 0 Å². The Bertz CT molecular complexity index is 512. The number of rotatable bonds is 4. The molecule has 2 saturated heterocycles. The molecule has 4 nitrogen and oxygen atoms in total. The molecule has 0 spiro atoms. The van der Waals surface area contributed by atoms with Crippen LogP contribution in [0, 0.1) is 5.92 Å². The number of hydrogen-bond acceptors (Lipinski definition) is 3. The summed E-state index contributed by atoms with van der Waals surface area (Å²) in [6, 6.07) is 9.26. The van der Waals surface area contributed by atoms with Gasteiger partial charge in [-0.2, -0.15) is 0 Å². The molecule has 0 aliphatic carbocycles. The van der Waals surface area contributed by atoms with Gasteiger partial charge in [0.15, 0.2) is 0 Å². The second-order valence-electron chi connectivity index (χ2n) is 6.64. The maximum absolute atomic E-state index is 12.3. The highest BCUT2D eigenvalue weighted by Crippen LogP contribution is 2.33. The highest BCUT2D eigenvalue weighted by atomic mass is 35.5. The van der Waals surface area contributed by atoms with Gasteiger partial charge in [0, 0.05) is 32.6 Å². The van der Waals surface area contributed by atoms with Gasteiger partial charge < -0.3 is 15.5 Å². The smallest absolute Gasteiger partial charge is 0.224 e. The molecule has 2 fully saturated rings. The standard InChI is InChI=1S/C17H25N3O.2ClH/c1-20(2)16-6-4-3-5-15(16)19-17(21)11-12-9-13-7-8-14(10-12)18-13;;/h3-6,12-14,18H,7-11H2,1-2H3,(H,19,21);2*1H. The van der Waals surface area contributed by atoms with Crippen LogP contribution in [0.1, 0.15) is 32.1 Å². The zero-order chi connectivity index (χ0) is 14.8. The third-order valence-electron chi connectivity index (χ3n) is 4.70. The summed E-state index contributed by atoms with van der Waals surface area (Å²) >= 11 is 0. The van der Waals surface area contributed by atoms with E-state index in [0.717, 1.165) is 24.2 Å². The van der Waals surface area contributed by atoms with Gasteiger partial charge in [0.1, 0.15) is 0 Å². The van der Waals surface area contributed by atoms with Crippen molar-refractivity contribution in [2.24, 2.45) is 5.92 Å². The third kappa shape index (κ3) is 5.00. The van der Waals surface area contributed by atoms with Crippen LogP contribution in [-0.4, -0.2) is 32.1 Å². The molecule has 0 aromatic heterocycles. The van der Waals surface area contributed by atoms with Crippen LogP contribution in [-0.2, 0) is 4.79 Å². The molecule has 2 unspecified atom stereocenters. The van der Waals surface area contributed by atoms with Gasteiger partial charge >= 0.3 is 0 Å². The lowest BCUT2D eigenvalue weighted by Crippen LogP contribution is -2.39. The molecule has 2 N–H and O–H groups in total. The predicted molar refractivity (Wildman–Crippen MR) is 101 cm³/mol. The zero-order valence-electron chi connectivity index (χ0n) is 13.7. The van der Waals surface area contributed by atoms with E-state index in [0.29, 0.717) is 24.4 Å². The fourth-order valence-electron chi connectivity index (χ4n) is 3.77. The molecule has 2 bridgehead atoms. The zero-order valence-corrected chi connectivity index (χ0v) is 15.4. The largest absolute Gasteiger partial charge is 0.376 e. The average molecular weight is 360 g/mol. The summed E-state index contributed by atoms with van der Waals surface area (Å²) in [5.41, 5.74) is 1.96. The lowest BCUT2D eigenvalue weighted by atomic mass is 9.89. The van der Waals surface area contributed by atoms with Crippen molar-refractivity contribution in [1.29, 1.82) is 0 Å². The topological polar surface area (TPSA) is 44.4 Å². The first-order valence-electron chi connectivity index (χ1n) is 7.94. The van der Waals surface area contributed by atoms with Crippen molar-refractivity contribution in [3.8, 4) is 0 Å². The number of nitrogens with one attached hydrogen (secondary N) is 2. The number of benzene rings is 1. The molecular weight excluding hydrogens is 333 g/mol. The van der Waals surface area contributed by atoms with Crippen molar-refractivity contribution in [2.75, 3.05) is 24.3 Å². The number of carbonyl (C=O) groups is 1. The third-order valence-corrected chi connectivity index (χ3v) is 4.70. The number of piperidine rings is 1. The number of para-hydroxylation sites is 2. The Morgan fingerprint density at radius 1 is 1.17 bits per heavy atom. The number of carbonyl (C=O) groups excluding carboxylic acids is 1. The van der Waals surface area contributed by atoms with Crippen molar-refractivity contribution < 1.29 is 4.79 Å². The molecule has 2 atom stereocenters. The van der Waals surface area contributed by atoms with Crippen molar-refractivity contribution in [3.05, 3.63) is 24.3 Å². The van der Waals surface area contributed by atoms with Gasteiger partial charge in [0.25, 0.3) is 0 Å². The molecule has 3 rings (SSSR count). The van der Waals surface area contributed by atoms with Crippen LogP contribution >= 0.6 is 24.8 Å². The quantitative estimate of drug-likeness (QED) is 0.864. The number of amides is 1. The van der Waals surface area contributed by atoms with Crippen molar-refractivity contribution in [1.82, 2.24) is 5.32 Å². The molecule has 0 radical (unpaired) electrons. The van der Waals surface area contributed by atoms with Crippen LogP contribution in [0.5, 0.6) is 0 Å². The summed E-state index contributed by atoms with van der Waals surface area (Å²) in [6.45, 7) is 0. The summed E-state index contributed by atoms with van der Waals surface area (Å²) in [6.07, 6.45) is 5.52. The molecule has 130 valence electrons. The first-order valence-corrected chi connectivity index (χ1v) is 7.94. The SMILES string of the molecule is CN(C)c1ccccc1NC(=O)CC1CC2CCC(C1)N2.Cl.Cl. The summed E-state index contributed by atoms with van der Waals surface area (Å²) in [7, 11) is 3.99. The summed E-state index contributed by atoms with van der Waals surface area (Å²) < 4.78 is 0. The highest BCUT2D eigenvalue weighted by molar-refractivity contribution is 5.94. The normalized spacial score (nSPS) is 25.0. The van der Waals surface area contributed by atoms with E-state index in [4.69, 9.17) is 0 Å². The second kappa shape index (κ2) is 8.76. The first kappa shape index (κ1) is 20.1. The van der Waals surface area contributed by atoms with Crippen molar-refractivity contribution in [3.63, 3.8) is 0 Å². The summed E-state index contributed by atoms with van der Waals surface area (Å²) in [5.74, 6) is 0.686. The Hall–Kier alpha value is -0.970. The minimum Gasteiger partial charge on any atom is -0.376 e. The molecule has 1 aromatic carbocycles. The van der Waals surface area contributed by atoms with E-state index in [-0.39, 0.29) is 30.7 Å². The maximum atomic E-state index is 12.3. The fraction of sp³-hybridized carbons (Fsp3) is 0.588. The molecule has 2 aliphatic rings. The lowest BCUT2D eigenvalue weighted by Gasteiger charge is -2.28. The number of anilines is 2. The van der Waals surface area contributed by atoms with Gasteiger partial charge in [-0.15, -0.1) is 24.8 Å². The Balaban J connectivity index is 0.00000132. The Labute approximate surface area is 151 Å². The molecule has 0 saturated carbocycles. The van der Waals surface area contributed by atoms with E-state index in [1.54, 1.807) is 0 Å². The fourth-order valence-corrected chi connectivity index (χ4v) is 3.77. The molecule has 2 aliphatic heterocycles. The minimum atomic E-state index is 0. The van der Waals surface area contributed by atoms with Gasteiger partial charge in [-0.1, -0.05) is 12.1 Å². The monoisotopic (exact) mass is 359 g/mol. The molecule has 6 heteroatoms. The molecule has 1 amide bonds. The predicted octanol–water partition coefficient (Wildman–Crippen LogP) is 3.46. The first-order chi connectivity index (χ1) is 10.1. The minimum absolute atomic E-state index is 0. The van der Waals surface area contributed by atoms with Crippen molar-refractivity contribution in [2.45, 2.75) is 44.2 Å². The highest BCUT2D eigenvalue weighted by Gasteiger charge is 2.34.